The molecule has 0 aliphatic carbocycles. The normalized spacial score (nSPS) is 25.1. The van der Waals surface area contributed by atoms with Gasteiger partial charge in [-0.15, -0.1) is 5.06 Å². The molecule has 1 heterocycles. The monoisotopic (exact) mass is 293 g/mol. The highest BCUT2D eigenvalue weighted by atomic mass is 19.4. The van der Waals surface area contributed by atoms with E-state index < -0.39 is 17.9 Å². The molecule has 1 fully saturated rings. The SMILES string of the molecule is C[C@]1(C(F)(F)F)ON1C(c1ccccc1)c1ccccc1. The number of nitrogens with zero attached hydrogens (tertiary/aromatic N) is 1. The van der Waals surface area contributed by atoms with Gasteiger partial charge in [0.15, 0.2) is 0 Å². The highest BCUT2D eigenvalue weighted by Crippen LogP contribution is 2.53. The van der Waals surface area contributed by atoms with Crippen molar-refractivity contribution in [1.82, 2.24) is 5.06 Å². The maximum atomic E-state index is 13.1. The van der Waals surface area contributed by atoms with Crippen LogP contribution in [0.3, 0.4) is 0 Å². The van der Waals surface area contributed by atoms with Crippen molar-refractivity contribution >= 4 is 0 Å². The zero-order chi connectivity index (χ0) is 15.1. The highest BCUT2D eigenvalue weighted by molar-refractivity contribution is 5.32. The van der Waals surface area contributed by atoms with Gasteiger partial charge in [0.2, 0.25) is 0 Å². The number of halogens is 3. The molecule has 110 valence electrons. The van der Waals surface area contributed by atoms with Gasteiger partial charge in [-0.05, 0) is 18.1 Å². The van der Waals surface area contributed by atoms with Crippen LogP contribution in [-0.2, 0) is 4.84 Å². The van der Waals surface area contributed by atoms with Crippen LogP contribution in [0.2, 0.25) is 0 Å². The summed E-state index contributed by atoms with van der Waals surface area (Å²) in [5, 5.41) is 1.01. The van der Waals surface area contributed by atoms with Gasteiger partial charge in [0, 0.05) is 0 Å². The van der Waals surface area contributed by atoms with Gasteiger partial charge in [0.1, 0.15) is 0 Å². The molecule has 0 amide bonds. The fourth-order valence-electron chi connectivity index (χ4n) is 2.38. The lowest BCUT2D eigenvalue weighted by Gasteiger charge is -2.20. The Balaban J connectivity index is 2.00. The molecule has 1 aliphatic heterocycles. The second-order valence-electron chi connectivity index (χ2n) is 5.12. The van der Waals surface area contributed by atoms with Gasteiger partial charge in [-0.25, -0.2) is 0 Å². The quantitative estimate of drug-likeness (QED) is 0.784. The molecule has 3 rings (SSSR count). The second-order valence-corrected chi connectivity index (χ2v) is 5.12. The molecule has 1 unspecified atom stereocenters. The topological polar surface area (TPSA) is 15.5 Å². The molecule has 2 aromatic rings. The average Bonchev–Trinajstić information content (AvgIpc) is 3.14. The lowest BCUT2D eigenvalue weighted by molar-refractivity contribution is -0.181. The van der Waals surface area contributed by atoms with Crippen LogP contribution in [0, 0.1) is 0 Å². The van der Waals surface area contributed by atoms with E-state index in [9.17, 15) is 13.2 Å². The van der Waals surface area contributed by atoms with Crippen LogP contribution in [0.4, 0.5) is 13.2 Å². The number of rotatable bonds is 3. The molecule has 0 bridgehead atoms. The maximum absolute atomic E-state index is 13.1. The zero-order valence-corrected chi connectivity index (χ0v) is 11.3. The van der Waals surface area contributed by atoms with E-state index in [4.69, 9.17) is 4.84 Å². The van der Waals surface area contributed by atoms with E-state index in [0.717, 1.165) is 23.1 Å². The van der Waals surface area contributed by atoms with Crippen LogP contribution in [0.25, 0.3) is 0 Å². The van der Waals surface area contributed by atoms with E-state index in [1.54, 1.807) is 48.5 Å². The van der Waals surface area contributed by atoms with Gasteiger partial charge in [-0.3, -0.25) is 4.84 Å². The smallest absolute Gasteiger partial charge is 0.261 e. The number of benzene rings is 2. The van der Waals surface area contributed by atoms with E-state index in [0.29, 0.717) is 0 Å². The van der Waals surface area contributed by atoms with E-state index in [2.05, 4.69) is 0 Å². The molecular formula is C16H14F3NO. The van der Waals surface area contributed by atoms with E-state index in [1.807, 2.05) is 12.1 Å². The van der Waals surface area contributed by atoms with Crippen molar-refractivity contribution in [1.29, 1.82) is 0 Å². The van der Waals surface area contributed by atoms with Gasteiger partial charge in [0.05, 0.1) is 6.04 Å². The predicted molar refractivity (Wildman–Crippen MR) is 72.1 cm³/mol. The minimum absolute atomic E-state index is 0.584. The first kappa shape index (κ1) is 14.1. The molecule has 0 spiro atoms. The molecule has 2 aromatic carbocycles. The number of hydrogen-bond donors (Lipinski definition) is 0. The summed E-state index contributed by atoms with van der Waals surface area (Å²) >= 11 is 0. The van der Waals surface area contributed by atoms with Crippen LogP contribution in [0.5, 0.6) is 0 Å². The fourth-order valence-corrected chi connectivity index (χ4v) is 2.38. The van der Waals surface area contributed by atoms with Crippen molar-refractivity contribution in [2.45, 2.75) is 24.9 Å². The number of hydroxylamine groups is 2. The van der Waals surface area contributed by atoms with Crippen molar-refractivity contribution in [3.05, 3.63) is 71.8 Å². The predicted octanol–water partition coefficient (Wildman–Crippen LogP) is 4.30. The maximum Gasteiger partial charge on any atom is 0.435 e. The summed E-state index contributed by atoms with van der Waals surface area (Å²) in [6, 6.07) is 17.5. The van der Waals surface area contributed by atoms with Crippen LogP contribution in [0.1, 0.15) is 24.1 Å². The van der Waals surface area contributed by atoms with E-state index in [1.165, 1.54) is 0 Å². The molecule has 2 nitrogen and oxygen atoms in total. The Bertz CT molecular complexity index is 575. The summed E-state index contributed by atoms with van der Waals surface area (Å²) in [7, 11) is 0. The van der Waals surface area contributed by atoms with Crippen molar-refractivity contribution < 1.29 is 18.0 Å². The zero-order valence-electron chi connectivity index (χ0n) is 11.3. The van der Waals surface area contributed by atoms with Crippen LogP contribution in [0.15, 0.2) is 60.7 Å². The summed E-state index contributed by atoms with van der Waals surface area (Å²) < 4.78 is 39.3. The van der Waals surface area contributed by atoms with Crippen molar-refractivity contribution in [2.75, 3.05) is 0 Å². The summed E-state index contributed by atoms with van der Waals surface area (Å²) in [6.07, 6.45) is -4.44. The standard InChI is InChI=1S/C16H14F3NO/c1-15(16(17,18)19)20(21-15)14(12-8-4-2-5-9-12)13-10-6-3-7-11-13/h2-11,14H,1H3/t15-,20?/m1/s1. The summed E-state index contributed by atoms with van der Waals surface area (Å²) in [4.78, 5) is 4.95. The Kier molecular flexibility index (Phi) is 3.26. The minimum Gasteiger partial charge on any atom is -0.261 e. The van der Waals surface area contributed by atoms with Gasteiger partial charge in [0.25, 0.3) is 5.72 Å². The molecule has 1 aliphatic rings. The molecule has 0 saturated carbocycles. The van der Waals surface area contributed by atoms with Gasteiger partial charge in [-0.1, -0.05) is 60.7 Å². The van der Waals surface area contributed by atoms with Crippen molar-refractivity contribution in [3.8, 4) is 0 Å². The summed E-state index contributed by atoms with van der Waals surface area (Å²) in [5.41, 5.74) is -0.711. The molecule has 0 aromatic heterocycles. The number of alkyl halides is 3. The molecule has 21 heavy (non-hydrogen) atoms. The van der Waals surface area contributed by atoms with E-state index >= 15 is 0 Å². The fraction of sp³-hybridized carbons (Fsp3) is 0.250. The Morgan fingerprint density at radius 2 is 1.33 bits per heavy atom. The molecule has 1 saturated heterocycles. The van der Waals surface area contributed by atoms with Crippen LogP contribution in [-0.4, -0.2) is 17.0 Å². The first-order chi connectivity index (χ1) is 9.93. The largest absolute Gasteiger partial charge is 0.435 e. The molecular weight excluding hydrogens is 279 g/mol. The lowest BCUT2D eigenvalue weighted by Crippen LogP contribution is -2.35. The van der Waals surface area contributed by atoms with Gasteiger partial charge < -0.3 is 0 Å². The third-order valence-electron chi connectivity index (χ3n) is 3.66. The van der Waals surface area contributed by atoms with Gasteiger partial charge in [-0.2, -0.15) is 13.2 Å². The average molecular weight is 293 g/mol. The third kappa shape index (κ3) is 2.43. The number of hydrogen-bond acceptors (Lipinski definition) is 2. The Morgan fingerprint density at radius 3 is 1.67 bits per heavy atom. The summed E-state index contributed by atoms with van der Waals surface area (Å²) in [5.74, 6) is 0. The van der Waals surface area contributed by atoms with Crippen molar-refractivity contribution in [3.63, 3.8) is 0 Å². The van der Waals surface area contributed by atoms with Crippen LogP contribution >= 0.6 is 0 Å². The second kappa shape index (κ2) is 4.86. The lowest BCUT2D eigenvalue weighted by atomic mass is 9.98. The Hall–Kier alpha value is -1.85. The summed E-state index contributed by atoms with van der Waals surface area (Å²) in [6.45, 7) is 1.05. The first-order valence-corrected chi connectivity index (χ1v) is 6.58. The third-order valence-corrected chi connectivity index (χ3v) is 3.66. The van der Waals surface area contributed by atoms with E-state index in [-0.39, 0.29) is 0 Å². The molecule has 5 heteroatoms. The Morgan fingerprint density at radius 1 is 0.905 bits per heavy atom. The molecule has 0 radical (unpaired) electrons. The highest BCUT2D eigenvalue weighted by Gasteiger charge is 2.71. The van der Waals surface area contributed by atoms with Gasteiger partial charge >= 0.3 is 6.18 Å². The minimum atomic E-state index is -4.44. The van der Waals surface area contributed by atoms with Crippen molar-refractivity contribution in [2.24, 2.45) is 0 Å². The Labute approximate surface area is 120 Å². The van der Waals surface area contributed by atoms with Crippen LogP contribution < -0.4 is 0 Å². The molecule has 2 atom stereocenters. The molecule has 0 N–H and O–H groups in total. The first-order valence-electron chi connectivity index (χ1n) is 6.58.